The van der Waals surface area contributed by atoms with E-state index in [1.54, 1.807) is 0 Å². The van der Waals surface area contributed by atoms with E-state index in [4.69, 9.17) is 15.2 Å². The van der Waals surface area contributed by atoms with Crippen LogP contribution in [0.3, 0.4) is 0 Å². The molecule has 1 aliphatic rings. The molecule has 0 spiro atoms. The molecule has 4 heteroatoms. The Morgan fingerprint density at radius 3 is 2.83 bits per heavy atom. The van der Waals surface area contributed by atoms with Crippen molar-refractivity contribution in [3.05, 3.63) is 0 Å². The van der Waals surface area contributed by atoms with E-state index in [1.807, 2.05) is 0 Å². The fraction of sp³-hybridized carbons (Fsp3) is 0.929. The topological polar surface area (TPSA) is 61.5 Å². The van der Waals surface area contributed by atoms with Gasteiger partial charge < -0.3 is 15.2 Å². The minimum Gasteiger partial charge on any atom is -0.468 e. The van der Waals surface area contributed by atoms with E-state index in [2.05, 4.69) is 6.92 Å². The van der Waals surface area contributed by atoms with Crippen molar-refractivity contribution in [3.63, 3.8) is 0 Å². The van der Waals surface area contributed by atoms with Crippen LogP contribution >= 0.6 is 0 Å². The van der Waals surface area contributed by atoms with Gasteiger partial charge in [-0.15, -0.1) is 0 Å². The molecule has 18 heavy (non-hydrogen) atoms. The number of methoxy groups -OCH3 is 1. The lowest BCUT2D eigenvalue weighted by atomic mass is 9.86. The lowest BCUT2D eigenvalue weighted by Crippen LogP contribution is -2.51. The summed E-state index contributed by atoms with van der Waals surface area (Å²) in [7, 11) is 1.41. The van der Waals surface area contributed by atoms with Gasteiger partial charge in [-0.3, -0.25) is 4.79 Å². The van der Waals surface area contributed by atoms with Crippen LogP contribution in [0.2, 0.25) is 0 Å². The number of carbonyl (C=O) groups excluding carboxylic acids is 1. The molecule has 1 saturated carbocycles. The molecule has 0 radical (unpaired) electrons. The van der Waals surface area contributed by atoms with Crippen molar-refractivity contribution in [1.29, 1.82) is 0 Å². The van der Waals surface area contributed by atoms with Crippen molar-refractivity contribution < 1.29 is 14.3 Å². The van der Waals surface area contributed by atoms with Crippen molar-refractivity contribution in [2.24, 2.45) is 11.7 Å². The van der Waals surface area contributed by atoms with Gasteiger partial charge in [0.1, 0.15) is 5.54 Å². The molecule has 4 nitrogen and oxygen atoms in total. The first-order chi connectivity index (χ1) is 8.65. The van der Waals surface area contributed by atoms with Gasteiger partial charge in [0, 0.05) is 13.2 Å². The number of nitrogens with two attached hydrogens (primary N) is 1. The third-order valence-corrected chi connectivity index (χ3v) is 3.94. The highest BCUT2D eigenvalue weighted by atomic mass is 16.5. The molecule has 0 saturated heterocycles. The van der Waals surface area contributed by atoms with E-state index in [0.717, 1.165) is 38.7 Å². The molecule has 2 unspecified atom stereocenters. The highest BCUT2D eigenvalue weighted by Crippen LogP contribution is 2.36. The van der Waals surface area contributed by atoms with E-state index in [-0.39, 0.29) is 11.9 Å². The molecule has 0 aromatic rings. The van der Waals surface area contributed by atoms with Crippen LogP contribution in [0.5, 0.6) is 0 Å². The smallest absolute Gasteiger partial charge is 0.326 e. The number of hydrogen-bond donors (Lipinski definition) is 1. The predicted molar refractivity (Wildman–Crippen MR) is 71.2 cm³/mol. The molecule has 106 valence electrons. The third-order valence-electron chi connectivity index (χ3n) is 3.94. The summed E-state index contributed by atoms with van der Waals surface area (Å²) in [5.74, 6) is -0.0629. The van der Waals surface area contributed by atoms with Crippen LogP contribution < -0.4 is 5.73 Å². The van der Waals surface area contributed by atoms with Crippen LogP contribution in [0.1, 0.15) is 51.9 Å². The van der Waals surface area contributed by atoms with Crippen LogP contribution in [0, 0.1) is 5.92 Å². The van der Waals surface area contributed by atoms with Crippen molar-refractivity contribution in [2.75, 3.05) is 20.3 Å². The molecule has 0 amide bonds. The van der Waals surface area contributed by atoms with Crippen molar-refractivity contribution in [2.45, 2.75) is 57.4 Å². The lowest BCUT2D eigenvalue weighted by Gasteiger charge is -2.28. The SMILES string of the molecule is CCCCCOCCC1CCCC1(N)C(=O)OC. The zero-order chi connectivity index (χ0) is 13.4. The van der Waals surface area contributed by atoms with Gasteiger partial charge in [0.2, 0.25) is 0 Å². The zero-order valence-electron chi connectivity index (χ0n) is 11.7. The largest absolute Gasteiger partial charge is 0.468 e. The Morgan fingerprint density at radius 1 is 1.39 bits per heavy atom. The normalized spacial score (nSPS) is 27.4. The first kappa shape index (κ1) is 15.4. The molecule has 0 aromatic heterocycles. The van der Waals surface area contributed by atoms with E-state index in [0.29, 0.717) is 6.61 Å². The van der Waals surface area contributed by atoms with Gasteiger partial charge in [0.25, 0.3) is 0 Å². The predicted octanol–water partition coefficient (Wildman–Crippen LogP) is 2.25. The Hall–Kier alpha value is -0.610. The Kier molecular flexibility index (Phi) is 6.65. The Balaban J connectivity index is 2.26. The maximum Gasteiger partial charge on any atom is 0.326 e. The quantitative estimate of drug-likeness (QED) is 0.535. The molecule has 1 rings (SSSR count). The second kappa shape index (κ2) is 7.74. The van der Waals surface area contributed by atoms with E-state index in [9.17, 15) is 4.79 Å². The summed E-state index contributed by atoms with van der Waals surface area (Å²) in [6, 6.07) is 0. The maximum absolute atomic E-state index is 11.7. The molecule has 1 fully saturated rings. The minimum absolute atomic E-state index is 0.205. The standard InChI is InChI=1S/C14H27NO3/c1-3-4-5-10-18-11-8-12-7-6-9-14(12,15)13(16)17-2/h12H,3-11,15H2,1-2H3. The molecule has 0 heterocycles. The van der Waals surface area contributed by atoms with Crippen LogP contribution in [0.4, 0.5) is 0 Å². The van der Waals surface area contributed by atoms with E-state index >= 15 is 0 Å². The Morgan fingerprint density at radius 2 is 2.17 bits per heavy atom. The van der Waals surface area contributed by atoms with Gasteiger partial charge in [0.15, 0.2) is 0 Å². The molecule has 0 bridgehead atoms. The number of ether oxygens (including phenoxy) is 2. The number of rotatable bonds is 8. The monoisotopic (exact) mass is 257 g/mol. The molecule has 1 aliphatic carbocycles. The van der Waals surface area contributed by atoms with Gasteiger partial charge in [-0.2, -0.15) is 0 Å². The van der Waals surface area contributed by atoms with Crippen LogP contribution in [-0.4, -0.2) is 31.8 Å². The molecule has 0 aliphatic heterocycles. The Labute approximate surface area is 110 Å². The average molecular weight is 257 g/mol. The highest BCUT2D eigenvalue weighted by molar-refractivity contribution is 5.81. The summed E-state index contributed by atoms with van der Waals surface area (Å²) < 4.78 is 10.4. The second-order valence-electron chi connectivity index (χ2n) is 5.23. The first-order valence-electron chi connectivity index (χ1n) is 7.10. The minimum atomic E-state index is -0.776. The fourth-order valence-corrected chi connectivity index (χ4v) is 2.75. The Bertz CT molecular complexity index is 257. The molecule has 2 N–H and O–H groups in total. The molecule has 2 atom stereocenters. The summed E-state index contributed by atoms with van der Waals surface area (Å²) in [6.45, 7) is 3.69. The van der Waals surface area contributed by atoms with Crippen molar-refractivity contribution >= 4 is 5.97 Å². The summed E-state index contributed by atoms with van der Waals surface area (Å²) >= 11 is 0. The first-order valence-corrected chi connectivity index (χ1v) is 7.10. The third kappa shape index (κ3) is 3.95. The summed E-state index contributed by atoms with van der Waals surface area (Å²) in [6.07, 6.45) is 7.15. The number of unbranched alkanes of at least 4 members (excludes halogenated alkanes) is 2. The van der Waals surface area contributed by atoms with Gasteiger partial charge in [0.05, 0.1) is 7.11 Å². The molecular weight excluding hydrogens is 230 g/mol. The van der Waals surface area contributed by atoms with Gasteiger partial charge in [-0.05, 0) is 31.6 Å². The summed E-state index contributed by atoms with van der Waals surface area (Å²) in [5, 5.41) is 0. The van der Waals surface area contributed by atoms with Gasteiger partial charge >= 0.3 is 5.97 Å². The number of esters is 1. The average Bonchev–Trinajstić information content (AvgIpc) is 2.75. The van der Waals surface area contributed by atoms with Crippen molar-refractivity contribution in [3.8, 4) is 0 Å². The summed E-state index contributed by atoms with van der Waals surface area (Å²) in [5.41, 5.74) is 5.41. The maximum atomic E-state index is 11.7. The molecular formula is C14H27NO3. The fourth-order valence-electron chi connectivity index (χ4n) is 2.75. The lowest BCUT2D eigenvalue weighted by molar-refractivity contribution is -0.148. The van der Waals surface area contributed by atoms with Crippen LogP contribution in [0.25, 0.3) is 0 Å². The summed E-state index contributed by atoms with van der Waals surface area (Å²) in [4.78, 5) is 11.7. The number of hydrogen-bond acceptors (Lipinski definition) is 4. The number of carbonyl (C=O) groups is 1. The molecule has 0 aromatic carbocycles. The van der Waals surface area contributed by atoms with Gasteiger partial charge in [-0.1, -0.05) is 26.2 Å². The second-order valence-corrected chi connectivity index (χ2v) is 5.23. The van der Waals surface area contributed by atoms with E-state index < -0.39 is 5.54 Å². The van der Waals surface area contributed by atoms with E-state index in [1.165, 1.54) is 20.0 Å². The zero-order valence-corrected chi connectivity index (χ0v) is 11.7. The van der Waals surface area contributed by atoms with Crippen LogP contribution in [0.15, 0.2) is 0 Å². The van der Waals surface area contributed by atoms with Crippen LogP contribution in [-0.2, 0) is 14.3 Å². The van der Waals surface area contributed by atoms with Crippen molar-refractivity contribution in [1.82, 2.24) is 0 Å². The van der Waals surface area contributed by atoms with Gasteiger partial charge in [-0.25, -0.2) is 0 Å². The highest BCUT2D eigenvalue weighted by Gasteiger charge is 2.46.